The number of hydrogen-bond acceptors (Lipinski definition) is 12. The van der Waals surface area contributed by atoms with Crippen LogP contribution in [-0.4, -0.2) is 124 Å². The number of ether oxygens (including phenoxy) is 1. The maximum atomic E-state index is 14.1. The van der Waals surface area contributed by atoms with Gasteiger partial charge in [0.25, 0.3) is 0 Å². The Balaban J connectivity index is 1.44. The molecule has 0 aliphatic carbocycles. The third-order valence-electron chi connectivity index (χ3n) is 11.3. The predicted molar refractivity (Wildman–Crippen MR) is 262 cm³/mol. The van der Waals surface area contributed by atoms with Crippen molar-refractivity contribution < 1.29 is 47.9 Å². The molecule has 22 heteroatoms. The molecule has 4 aromatic rings. The topological polar surface area (TPSA) is 344 Å². The van der Waals surface area contributed by atoms with Crippen LogP contribution in [0.15, 0.2) is 73.3 Å². The lowest BCUT2D eigenvalue weighted by Gasteiger charge is -2.26. The number of amides is 8. The van der Waals surface area contributed by atoms with Crippen LogP contribution in [0.1, 0.15) is 77.6 Å². The summed E-state index contributed by atoms with van der Waals surface area (Å²) < 4.78 is 5.15. The average molecular weight is 985 g/mol. The van der Waals surface area contributed by atoms with E-state index in [0.29, 0.717) is 11.3 Å². The second-order valence-corrected chi connectivity index (χ2v) is 18.0. The van der Waals surface area contributed by atoms with E-state index in [4.69, 9.17) is 16.2 Å². The minimum Gasteiger partial charge on any atom is -0.464 e. The number of nitrogens with zero attached hydrogens (tertiary/aromatic N) is 1. The molecule has 0 aliphatic heterocycles. The monoisotopic (exact) mass is 985 g/mol. The second kappa shape index (κ2) is 27.5. The number of imidazole rings is 1. The van der Waals surface area contributed by atoms with Gasteiger partial charge in [0.05, 0.1) is 25.5 Å². The summed E-state index contributed by atoms with van der Waals surface area (Å²) in [6.07, 6.45) is 4.41. The highest BCUT2D eigenvalue weighted by molar-refractivity contribution is 5.97. The highest BCUT2D eigenvalue weighted by Crippen LogP contribution is 2.20. The fourth-order valence-electron chi connectivity index (χ4n) is 7.54. The number of carbonyl (C=O) groups is 9. The third-order valence-corrected chi connectivity index (χ3v) is 11.3. The minimum absolute atomic E-state index is 0.0211. The van der Waals surface area contributed by atoms with Gasteiger partial charge in [-0.15, -0.1) is 0 Å². The summed E-state index contributed by atoms with van der Waals surface area (Å²) in [6.45, 7) is 9.60. The zero-order valence-corrected chi connectivity index (χ0v) is 41.0. The molecule has 4 rings (SSSR count). The van der Waals surface area contributed by atoms with Crippen molar-refractivity contribution in [2.75, 3.05) is 13.2 Å². The summed E-state index contributed by atoms with van der Waals surface area (Å²) in [4.78, 5) is 130. The zero-order chi connectivity index (χ0) is 52.2. The number of rotatable bonds is 28. The molecule has 0 unspecified atom stereocenters. The number of nitrogens with two attached hydrogens (primary N) is 2. The number of esters is 1. The molecule has 0 fully saturated rings. The lowest BCUT2D eigenvalue weighted by Crippen LogP contribution is -2.59. The van der Waals surface area contributed by atoms with Crippen molar-refractivity contribution in [2.45, 2.75) is 122 Å². The van der Waals surface area contributed by atoms with E-state index in [1.807, 2.05) is 38.1 Å². The average Bonchev–Trinajstić information content (AvgIpc) is 4.00. The van der Waals surface area contributed by atoms with Crippen LogP contribution in [0.25, 0.3) is 10.9 Å². The van der Waals surface area contributed by atoms with Gasteiger partial charge in [0.1, 0.15) is 36.3 Å². The molecule has 8 amide bonds. The number of benzene rings is 2. The molecule has 0 saturated carbocycles. The van der Waals surface area contributed by atoms with Crippen LogP contribution >= 0.6 is 0 Å². The molecule has 0 saturated heterocycles. The fraction of sp³-hybridized carbons (Fsp3) is 0.469. The molecule has 7 atom stereocenters. The summed E-state index contributed by atoms with van der Waals surface area (Å²) in [7, 11) is 0. The summed E-state index contributed by atoms with van der Waals surface area (Å²) in [6, 6.07) is 7.91. The first-order chi connectivity index (χ1) is 33.8. The Labute approximate surface area is 412 Å². The highest BCUT2D eigenvalue weighted by Gasteiger charge is 2.33. The van der Waals surface area contributed by atoms with Gasteiger partial charge in [0, 0.05) is 48.3 Å². The number of aromatic nitrogens is 3. The Kier molecular flexibility index (Phi) is 21.7. The quantitative estimate of drug-likeness (QED) is 0.0331. The van der Waals surface area contributed by atoms with E-state index < -0.39 is 108 Å². The van der Waals surface area contributed by atoms with Gasteiger partial charge in [-0.25, -0.2) is 9.78 Å². The molecule has 2 heterocycles. The lowest BCUT2D eigenvalue weighted by atomic mass is 10.0. The number of hydrogen-bond donors (Lipinski definition) is 11. The van der Waals surface area contributed by atoms with Crippen molar-refractivity contribution in [1.29, 1.82) is 0 Å². The van der Waals surface area contributed by atoms with Gasteiger partial charge in [0.15, 0.2) is 0 Å². The van der Waals surface area contributed by atoms with Crippen molar-refractivity contribution in [1.82, 2.24) is 52.2 Å². The number of nitrogens with one attached hydrogen (secondary N) is 9. The maximum Gasteiger partial charge on any atom is 0.328 e. The minimum atomic E-state index is -1.34. The van der Waals surface area contributed by atoms with Crippen molar-refractivity contribution in [2.24, 2.45) is 23.3 Å². The van der Waals surface area contributed by atoms with Crippen LogP contribution in [-0.2, 0) is 67.2 Å². The van der Waals surface area contributed by atoms with Gasteiger partial charge < -0.3 is 63.4 Å². The molecule has 13 N–H and O–H groups in total. The van der Waals surface area contributed by atoms with Crippen LogP contribution in [0.5, 0.6) is 0 Å². The second-order valence-electron chi connectivity index (χ2n) is 18.0. The molecule has 384 valence electrons. The summed E-state index contributed by atoms with van der Waals surface area (Å²) in [5, 5.41) is 19.1. The first-order valence-electron chi connectivity index (χ1n) is 23.6. The molecule has 0 aliphatic rings. The first-order valence-corrected chi connectivity index (χ1v) is 23.6. The third kappa shape index (κ3) is 18.0. The smallest absolute Gasteiger partial charge is 0.328 e. The molecular formula is C49H68N12O10. The predicted octanol–water partition coefficient (Wildman–Crippen LogP) is -0.178. The van der Waals surface area contributed by atoms with Gasteiger partial charge in [-0.1, -0.05) is 76.2 Å². The van der Waals surface area contributed by atoms with Gasteiger partial charge in [-0.05, 0) is 62.1 Å². The Morgan fingerprint density at radius 2 is 1.31 bits per heavy atom. The van der Waals surface area contributed by atoms with Crippen LogP contribution < -0.4 is 48.7 Å². The number of carbonyl (C=O) groups excluding carboxylic acids is 9. The molecule has 71 heavy (non-hydrogen) atoms. The molecule has 22 nitrogen and oxygen atoms in total. The van der Waals surface area contributed by atoms with E-state index in [-0.39, 0.29) is 51.0 Å². The first kappa shape index (κ1) is 56.0. The number of primary amides is 1. The van der Waals surface area contributed by atoms with Crippen molar-refractivity contribution in [3.63, 3.8) is 0 Å². The summed E-state index contributed by atoms with van der Waals surface area (Å²) >= 11 is 0. The van der Waals surface area contributed by atoms with E-state index in [2.05, 4.69) is 52.2 Å². The normalized spacial score (nSPS) is 14.2. The molecule has 2 aromatic heterocycles. The summed E-state index contributed by atoms with van der Waals surface area (Å²) in [5.74, 6) is -7.07. The van der Waals surface area contributed by atoms with Crippen LogP contribution in [0.2, 0.25) is 0 Å². The Bertz CT molecular complexity index is 2440. The lowest BCUT2D eigenvalue weighted by molar-refractivity contribution is -0.148. The molecule has 0 spiro atoms. The largest absolute Gasteiger partial charge is 0.464 e. The van der Waals surface area contributed by atoms with Crippen molar-refractivity contribution in [3.05, 3.63) is 90.1 Å². The zero-order valence-electron chi connectivity index (χ0n) is 41.0. The standard InChI is InChI=1S/C49H68N12O10/c1-7-71-49(70)39(19-27(2)3)60-47(68)38(22-32-24-52-26-55-32)57-41(63)25-54-48(69)42(28(4)5)61-43(64)29(6)56-46(67)37(21-31-23-53-35-16-12-11-15-33(31)35)59-45(66)36(17-18-40(51)62)58-44(65)34(50)20-30-13-9-8-10-14-30/h8-16,23-24,26-29,34,36-39,42,53H,7,17-22,25,50H2,1-6H3,(H2,51,62)(H,52,55)(H,54,69)(H,56,67)(H,57,63)(H,58,65)(H,59,66)(H,60,68)(H,61,64)/t29-,34-,36-,37-,38-,39-,42-/m0/s1. The van der Waals surface area contributed by atoms with Crippen LogP contribution in [0, 0.1) is 11.8 Å². The number of H-pyrrole nitrogens is 2. The number of fused-ring (bicyclic) bond motifs is 1. The highest BCUT2D eigenvalue weighted by atomic mass is 16.5. The van der Waals surface area contributed by atoms with E-state index in [0.717, 1.165) is 16.5 Å². The van der Waals surface area contributed by atoms with Gasteiger partial charge in [-0.3, -0.25) is 38.4 Å². The number of aromatic amines is 2. The molecular weight excluding hydrogens is 917 g/mol. The van der Waals surface area contributed by atoms with E-state index in [1.54, 1.807) is 57.3 Å². The molecule has 0 radical (unpaired) electrons. The van der Waals surface area contributed by atoms with Gasteiger partial charge in [-0.2, -0.15) is 0 Å². The number of para-hydroxylation sites is 1. The van der Waals surface area contributed by atoms with E-state index in [9.17, 15) is 43.2 Å². The maximum absolute atomic E-state index is 14.1. The van der Waals surface area contributed by atoms with Crippen LogP contribution in [0.4, 0.5) is 0 Å². The van der Waals surface area contributed by atoms with Crippen molar-refractivity contribution in [3.8, 4) is 0 Å². The van der Waals surface area contributed by atoms with E-state index >= 15 is 0 Å². The molecule has 0 bridgehead atoms. The van der Waals surface area contributed by atoms with Gasteiger partial charge >= 0.3 is 5.97 Å². The van der Waals surface area contributed by atoms with Gasteiger partial charge in [0.2, 0.25) is 47.3 Å². The van der Waals surface area contributed by atoms with Crippen molar-refractivity contribution >= 4 is 64.1 Å². The van der Waals surface area contributed by atoms with E-state index in [1.165, 1.54) is 19.4 Å². The Hall–Kier alpha value is -7.62. The fourth-order valence-corrected chi connectivity index (χ4v) is 7.54. The Morgan fingerprint density at radius 3 is 1.96 bits per heavy atom. The summed E-state index contributed by atoms with van der Waals surface area (Å²) in [5.41, 5.74) is 14.3. The van der Waals surface area contributed by atoms with Crippen LogP contribution in [0.3, 0.4) is 0 Å². The Morgan fingerprint density at radius 1 is 0.676 bits per heavy atom. The molecule has 2 aromatic carbocycles. The SMILES string of the molecule is CCOC(=O)[C@H](CC(C)C)NC(=O)[C@H](Cc1cnc[nH]1)NC(=O)CNC(=O)[C@@H](NC(=O)[C@H](C)NC(=O)[C@H](Cc1c[nH]c2ccccc12)NC(=O)[C@H](CCC(N)=O)NC(=O)[C@@H](N)Cc1ccccc1)C(C)C.